The van der Waals surface area contributed by atoms with Crippen molar-refractivity contribution >= 4 is 28.9 Å². The van der Waals surface area contributed by atoms with Crippen molar-refractivity contribution < 1.29 is 19.1 Å². The predicted octanol–water partition coefficient (Wildman–Crippen LogP) is 4.62. The largest absolute Gasteiger partial charge is 0.497 e. The molecule has 0 aliphatic heterocycles. The summed E-state index contributed by atoms with van der Waals surface area (Å²) >= 11 is 1.08. The zero-order valence-electron chi connectivity index (χ0n) is 19.1. The fourth-order valence-electron chi connectivity index (χ4n) is 3.48. The number of amides is 1. The maximum Gasteiger partial charge on any atom is 0.340 e. The van der Waals surface area contributed by atoms with E-state index < -0.39 is 5.97 Å². The molecule has 4 aromatic rings. The van der Waals surface area contributed by atoms with Gasteiger partial charge >= 0.3 is 5.97 Å². The Bertz CT molecular complexity index is 1300. The SMILES string of the molecule is COc1ccc(NC(=O)c2nnc(COC(=O)c3cc(C)n(Cc4ccccc4)c3C)s2)cc1. The molecule has 174 valence electrons. The van der Waals surface area contributed by atoms with Gasteiger partial charge in [0.1, 0.15) is 12.4 Å². The van der Waals surface area contributed by atoms with Crippen LogP contribution in [0.2, 0.25) is 0 Å². The standard InChI is InChI=1S/C25H24N4O4S/c1-16-13-21(17(2)29(16)14-18-7-5-4-6-8-18)25(31)33-15-22-27-28-24(34-22)23(30)26-19-9-11-20(32-3)12-10-19/h4-13H,14-15H2,1-3H3,(H,26,30). The number of nitrogens with one attached hydrogen (secondary N) is 1. The van der Waals surface area contributed by atoms with Crippen molar-refractivity contribution in [1.29, 1.82) is 0 Å². The summed E-state index contributed by atoms with van der Waals surface area (Å²) < 4.78 is 12.6. The number of esters is 1. The highest BCUT2D eigenvalue weighted by atomic mass is 32.1. The predicted molar refractivity (Wildman–Crippen MR) is 129 cm³/mol. The van der Waals surface area contributed by atoms with Crippen molar-refractivity contribution in [2.75, 3.05) is 12.4 Å². The van der Waals surface area contributed by atoms with Gasteiger partial charge in [0.2, 0.25) is 5.01 Å². The van der Waals surface area contributed by atoms with Gasteiger partial charge in [0.05, 0.1) is 12.7 Å². The van der Waals surface area contributed by atoms with Gasteiger partial charge in [-0.15, -0.1) is 10.2 Å². The number of aromatic nitrogens is 3. The summed E-state index contributed by atoms with van der Waals surface area (Å²) in [5.41, 5.74) is 4.08. The summed E-state index contributed by atoms with van der Waals surface area (Å²) in [5.74, 6) is -0.129. The average molecular weight is 477 g/mol. The van der Waals surface area contributed by atoms with E-state index in [1.807, 2.05) is 38.1 Å². The van der Waals surface area contributed by atoms with E-state index in [9.17, 15) is 9.59 Å². The molecule has 0 unspecified atom stereocenters. The molecule has 0 aliphatic carbocycles. The van der Waals surface area contributed by atoms with Crippen LogP contribution in [-0.4, -0.2) is 33.8 Å². The molecule has 0 aliphatic rings. The summed E-state index contributed by atoms with van der Waals surface area (Å²) in [4.78, 5) is 25.2. The van der Waals surface area contributed by atoms with Crippen LogP contribution >= 0.6 is 11.3 Å². The highest BCUT2D eigenvalue weighted by molar-refractivity contribution is 7.13. The summed E-state index contributed by atoms with van der Waals surface area (Å²) in [7, 11) is 1.58. The van der Waals surface area contributed by atoms with E-state index in [0.717, 1.165) is 28.3 Å². The normalized spacial score (nSPS) is 10.7. The van der Waals surface area contributed by atoms with E-state index in [2.05, 4.69) is 32.2 Å². The van der Waals surface area contributed by atoms with Crippen molar-refractivity contribution in [3.8, 4) is 5.75 Å². The first-order valence-corrected chi connectivity index (χ1v) is 11.4. The van der Waals surface area contributed by atoms with Crippen LogP contribution in [0.3, 0.4) is 0 Å². The molecule has 9 heteroatoms. The Balaban J connectivity index is 1.36. The minimum absolute atomic E-state index is 0.0608. The number of anilines is 1. The fraction of sp³-hybridized carbons (Fsp3) is 0.200. The molecular formula is C25H24N4O4S. The van der Waals surface area contributed by atoms with Crippen LogP contribution in [-0.2, 0) is 17.9 Å². The maximum atomic E-state index is 12.7. The lowest BCUT2D eigenvalue weighted by molar-refractivity contribution is 0.0470. The van der Waals surface area contributed by atoms with Crippen LogP contribution in [0.1, 0.15) is 42.1 Å². The van der Waals surface area contributed by atoms with Crippen LogP contribution in [0.4, 0.5) is 5.69 Å². The quantitative estimate of drug-likeness (QED) is 0.373. The minimum atomic E-state index is -0.438. The molecule has 2 heterocycles. The Morgan fingerprint density at radius 1 is 1.03 bits per heavy atom. The Morgan fingerprint density at radius 3 is 2.47 bits per heavy atom. The first kappa shape index (κ1) is 23.2. The number of benzene rings is 2. The van der Waals surface area contributed by atoms with Crippen LogP contribution in [0.5, 0.6) is 5.75 Å². The van der Waals surface area contributed by atoms with E-state index in [-0.39, 0.29) is 17.5 Å². The van der Waals surface area contributed by atoms with E-state index in [4.69, 9.17) is 9.47 Å². The molecule has 2 aromatic heterocycles. The highest BCUT2D eigenvalue weighted by Crippen LogP contribution is 2.20. The van der Waals surface area contributed by atoms with Crippen LogP contribution in [0, 0.1) is 13.8 Å². The number of methoxy groups -OCH3 is 1. The maximum absolute atomic E-state index is 12.7. The molecular weight excluding hydrogens is 452 g/mol. The molecule has 1 amide bonds. The van der Waals surface area contributed by atoms with E-state index in [0.29, 0.717) is 28.6 Å². The fourth-order valence-corrected chi connectivity index (χ4v) is 4.13. The van der Waals surface area contributed by atoms with Crippen molar-refractivity contribution in [2.45, 2.75) is 27.0 Å². The zero-order chi connectivity index (χ0) is 24.1. The first-order valence-electron chi connectivity index (χ1n) is 10.6. The monoisotopic (exact) mass is 476 g/mol. The molecule has 0 spiro atoms. The number of carbonyl (C=O) groups is 2. The van der Waals surface area contributed by atoms with Crippen LogP contribution < -0.4 is 10.1 Å². The third kappa shape index (κ3) is 5.32. The van der Waals surface area contributed by atoms with Gasteiger partial charge in [-0.2, -0.15) is 0 Å². The van der Waals surface area contributed by atoms with Crippen LogP contribution in [0.25, 0.3) is 0 Å². The van der Waals surface area contributed by atoms with Gasteiger partial charge in [-0.05, 0) is 49.7 Å². The Hall–Kier alpha value is -3.98. The molecule has 0 saturated heterocycles. The molecule has 0 radical (unpaired) electrons. The van der Waals surface area contributed by atoms with Crippen LogP contribution in [0.15, 0.2) is 60.7 Å². The van der Waals surface area contributed by atoms with Crippen molar-refractivity contribution in [2.24, 2.45) is 0 Å². The second-order valence-electron chi connectivity index (χ2n) is 7.62. The topological polar surface area (TPSA) is 95.3 Å². The molecule has 0 atom stereocenters. The Labute approximate surface area is 201 Å². The lowest BCUT2D eigenvalue weighted by atomic mass is 10.2. The molecule has 4 rings (SSSR count). The number of hydrogen-bond acceptors (Lipinski definition) is 7. The molecule has 0 saturated carbocycles. The van der Waals surface area contributed by atoms with Gasteiger partial charge in [-0.1, -0.05) is 41.7 Å². The molecule has 34 heavy (non-hydrogen) atoms. The van der Waals surface area contributed by atoms with Gasteiger partial charge in [-0.3, -0.25) is 4.79 Å². The zero-order valence-corrected chi connectivity index (χ0v) is 19.9. The van der Waals surface area contributed by atoms with Crippen molar-refractivity contribution in [3.63, 3.8) is 0 Å². The molecule has 0 fully saturated rings. The Morgan fingerprint density at radius 2 is 1.76 bits per heavy atom. The Kier molecular flexibility index (Phi) is 7.03. The number of nitrogens with zero attached hydrogens (tertiary/aromatic N) is 3. The third-order valence-corrected chi connectivity index (χ3v) is 6.21. The van der Waals surface area contributed by atoms with E-state index in [1.165, 1.54) is 0 Å². The summed E-state index contributed by atoms with van der Waals surface area (Å²) in [6.45, 7) is 4.48. The van der Waals surface area contributed by atoms with Gasteiger partial charge in [-0.25, -0.2) is 4.79 Å². The van der Waals surface area contributed by atoms with Gasteiger partial charge in [0.25, 0.3) is 5.91 Å². The summed E-state index contributed by atoms with van der Waals surface area (Å²) in [5, 5.41) is 11.3. The molecule has 0 bridgehead atoms. The lowest BCUT2D eigenvalue weighted by Crippen LogP contribution is -2.11. The molecule has 1 N–H and O–H groups in total. The van der Waals surface area contributed by atoms with E-state index in [1.54, 1.807) is 31.4 Å². The number of hydrogen-bond donors (Lipinski definition) is 1. The first-order chi connectivity index (χ1) is 16.4. The molecule has 2 aromatic carbocycles. The average Bonchev–Trinajstić information content (AvgIpc) is 3.44. The van der Waals surface area contributed by atoms with Crippen molar-refractivity contribution in [1.82, 2.24) is 14.8 Å². The van der Waals surface area contributed by atoms with Gasteiger partial charge in [0.15, 0.2) is 5.01 Å². The number of aryl methyl sites for hydroxylation is 1. The second kappa shape index (κ2) is 10.3. The number of ether oxygens (including phenoxy) is 2. The van der Waals surface area contributed by atoms with Gasteiger partial charge in [0, 0.05) is 23.6 Å². The molecule has 8 nitrogen and oxygen atoms in total. The lowest BCUT2D eigenvalue weighted by Gasteiger charge is -2.10. The second-order valence-corrected chi connectivity index (χ2v) is 8.68. The number of carbonyl (C=O) groups excluding carboxylic acids is 2. The minimum Gasteiger partial charge on any atom is -0.497 e. The van der Waals surface area contributed by atoms with E-state index >= 15 is 0 Å². The van der Waals surface area contributed by atoms with Crippen molar-refractivity contribution in [3.05, 3.63) is 93.2 Å². The third-order valence-electron chi connectivity index (χ3n) is 5.31. The summed E-state index contributed by atoms with van der Waals surface area (Å²) in [6, 6.07) is 18.8. The smallest absolute Gasteiger partial charge is 0.340 e. The number of rotatable bonds is 8. The summed E-state index contributed by atoms with van der Waals surface area (Å²) in [6.07, 6.45) is 0. The van der Waals surface area contributed by atoms with Gasteiger partial charge < -0.3 is 19.4 Å². The highest BCUT2D eigenvalue weighted by Gasteiger charge is 2.19.